The molecule has 2 aromatic carbocycles. The lowest BCUT2D eigenvalue weighted by molar-refractivity contribution is 0.103. The molecule has 0 saturated heterocycles. The second-order valence-electron chi connectivity index (χ2n) is 6.60. The van der Waals surface area contributed by atoms with Gasteiger partial charge in [0.05, 0.1) is 4.90 Å². The van der Waals surface area contributed by atoms with Gasteiger partial charge in [-0.1, -0.05) is 27.7 Å². The van der Waals surface area contributed by atoms with E-state index >= 15 is 0 Å². The monoisotopic (exact) mass is 364 g/mol. The topological polar surface area (TPSA) is 71.4 Å². The highest BCUT2D eigenvalue weighted by molar-refractivity contribution is 7.86. The molecular formula is C19H21FO4S. The van der Waals surface area contributed by atoms with Gasteiger partial charge >= 0.3 is 10.2 Å². The van der Waals surface area contributed by atoms with Crippen LogP contribution in [-0.2, 0) is 10.2 Å². The van der Waals surface area contributed by atoms with Gasteiger partial charge < -0.3 is 5.11 Å². The molecule has 1 N–H and O–H groups in total. The molecule has 4 nitrogen and oxygen atoms in total. The summed E-state index contributed by atoms with van der Waals surface area (Å²) in [4.78, 5) is 12.3. The van der Waals surface area contributed by atoms with Crippen LogP contribution in [0.15, 0.2) is 41.3 Å². The maximum Gasteiger partial charge on any atom is 0.332 e. The van der Waals surface area contributed by atoms with Crippen molar-refractivity contribution in [3.63, 3.8) is 0 Å². The predicted molar refractivity (Wildman–Crippen MR) is 94.5 cm³/mol. The fourth-order valence-electron chi connectivity index (χ4n) is 2.63. The summed E-state index contributed by atoms with van der Waals surface area (Å²) < 4.78 is 34.7. The molecule has 0 fully saturated rings. The van der Waals surface area contributed by atoms with Crippen molar-refractivity contribution in [1.82, 2.24) is 0 Å². The molecule has 2 aromatic rings. The van der Waals surface area contributed by atoms with Crippen LogP contribution in [0.4, 0.5) is 3.89 Å². The van der Waals surface area contributed by atoms with E-state index in [1.807, 2.05) is 27.7 Å². The Morgan fingerprint density at radius 3 is 1.72 bits per heavy atom. The standard InChI is InChI=1S/C19H21FO4S/c1-11(2)16-9-14(10-17(12(3)4)19(16)22)18(21)13-5-7-15(8-6-13)25(20,23)24/h5-12,22H,1-4H3. The van der Waals surface area contributed by atoms with Crippen molar-refractivity contribution in [2.75, 3.05) is 0 Å². The SMILES string of the molecule is CC(C)c1cc(C(=O)c2ccc(S(=O)(=O)F)cc2)cc(C(C)C)c1O. The maximum absolute atomic E-state index is 13.0. The van der Waals surface area contributed by atoms with Crippen molar-refractivity contribution in [3.05, 3.63) is 58.7 Å². The zero-order valence-corrected chi connectivity index (χ0v) is 15.4. The van der Waals surface area contributed by atoms with Gasteiger partial charge in [-0.2, -0.15) is 8.42 Å². The smallest absolute Gasteiger partial charge is 0.332 e. The first kappa shape index (κ1) is 19.1. The molecule has 0 heterocycles. The van der Waals surface area contributed by atoms with Crippen molar-refractivity contribution in [1.29, 1.82) is 0 Å². The fourth-order valence-corrected chi connectivity index (χ4v) is 3.09. The molecule has 0 unspecified atom stereocenters. The van der Waals surface area contributed by atoms with E-state index in [-0.39, 0.29) is 28.9 Å². The summed E-state index contributed by atoms with van der Waals surface area (Å²) in [5, 5.41) is 10.4. The zero-order chi connectivity index (χ0) is 18.9. The number of halogens is 1. The van der Waals surface area contributed by atoms with Gasteiger partial charge in [0, 0.05) is 11.1 Å². The highest BCUT2D eigenvalue weighted by Crippen LogP contribution is 2.35. The minimum absolute atomic E-state index is 0.0318. The maximum atomic E-state index is 13.0. The van der Waals surface area contributed by atoms with Gasteiger partial charge in [-0.3, -0.25) is 4.79 Å². The number of rotatable bonds is 5. The third-order valence-electron chi connectivity index (χ3n) is 4.07. The van der Waals surface area contributed by atoms with Crippen LogP contribution in [0.25, 0.3) is 0 Å². The zero-order valence-electron chi connectivity index (χ0n) is 14.6. The molecule has 6 heteroatoms. The number of carbonyl (C=O) groups excluding carboxylic acids is 1. The number of phenols is 1. The normalized spacial score (nSPS) is 12.0. The second kappa shape index (κ2) is 6.96. The Balaban J connectivity index is 2.52. The van der Waals surface area contributed by atoms with Crippen LogP contribution in [0.1, 0.15) is 66.6 Å². The van der Waals surface area contributed by atoms with E-state index in [9.17, 15) is 22.2 Å². The first-order valence-electron chi connectivity index (χ1n) is 7.98. The highest BCUT2D eigenvalue weighted by atomic mass is 32.3. The number of phenolic OH excluding ortho intramolecular Hbond substituents is 1. The lowest BCUT2D eigenvalue weighted by Gasteiger charge is -2.17. The van der Waals surface area contributed by atoms with E-state index in [4.69, 9.17) is 0 Å². The number of aromatic hydroxyl groups is 1. The molecule has 0 aromatic heterocycles. The van der Waals surface area contributed by atoms with Crippen LogP contribution in [0.3, 0.4) is 0 Å². The summed E-state index contributed by atoms with van der Waals surface area (Å²) in [7, 11) is -4.80. The Morgan fingerprint density at radius 1 is 0.920 bits per heavy atom. The lowest BCUT2D eigenvalue weighted by Crippen LogP contribution is -2.06. The number of ketones is 1. The molecule has 0 aliphatic rings. The predicted octanol–water partition coefficient (Wildman–Crippen LogP) is 4.53. The van der Waals surface area contributed by atoms with Crippen LogP contribution in [0.5, 0.6) is 5.75 Å². The molecule has 0 bridgehead atoms. The minimum atomic E-state index is -4.80. The van der Waals surface area contributed by atoms with Crippen LogP contribution < -0.4 is 0 Å². The van der Waals surface area contributed by atoms with Gasteiger partial charge in [0.1, 0.15) is 5.75 Å². The number of hydrogen-bond donors (Lipinski definition) is 1. The third kappa shape index (κ3) is 4.07. The largest absolute Gasteiger partial charge is 0.507 e. The van der Waals surface area contributed by atoms with Gasteiger partial charge in [0.25, 0.3) is 0 Å². The molecule has 0 amide bonds. The van der Waals surface area contributed by atoms with E-state index in [0.717, 1.165) is 12.1 Å². The summed E-state index contributed by atoms with van der Waals surface area (Å²) in [6, 6.07) is 7.99. The molecule has 0 spiro atoms. The van der Waals surface area contributed by atoms with E-state index in [1.165, 1.54) is 12.1 Å². The summed E-state index contributed by atoms with van der Waals surface area (Å²) >= 11 is 0. The summed E-state index contributed by atoms with van der Waals surface area (Å²) in [6.07, 6.45) is 0. The first-order chi connectivity index (χ1) is 11.5. The molecule has 0 aliphatic heterocycles. The molecule has 0 saturated carbocycles. The first-order valence-corrected chi connectivity index (χ1v) is 9.37. The molecule has 2 rings (SSSR count). The molecule has 134 valence electrons. The Hall–Kier alpha value is -2.21. The van der Waals surface area contributed by atoms with Crippen molar-refractivity contribution in [2.24, 2.45) is 0 Å². The van der Waals surface area contributed by atoms with Crippen LogP contribution in [-0.4, -0.2) is 19.3 Å². The van der Waals surface area contributed by atoms with E-state index in [2.05, 4.69) is 0 Å². The van der Waals surface area contributed by atoms with E-state index < -0.39 is 15.1 Å². The van der Waals surface area contributed by atoms with Crippen LogP contribution >= 0.6 is 0 Å². The summed E-state index contributed by atoms with van der Waals surface area (Å²) in [5.41, 5.74) is 2.01. The van der Waals surface area contributed by atoms with E-state index in [0.29, 0.717) is 16.7 Å². The molecule has 0 aliphatic carbocycles. The Bertz CT molecular complexity index is 869. The van der Waals surface area contributed by atoms with Crippen LogP contribution in [0.2, 0.25) is 0 Å². The average Bonchev–Trinajstić information content (AvgIpc) is 2.53. The van der Waals surface area contributed by atoms with Crippen molar-refractivity contribution < 1.29 is 22.2 Å². The average molecular weight is 364 g/mol. The number of carbonyl (C=O) groups is 1. The van der Waals surface area contributed by atoms with Crippen molar-refractivity contribution in [2.45, 2.75) is 44.4 Å². The van der Waals surface area contributed by atoms with Crippen molar-refractivity contribution in [3.8, 4) is 5.75 Å². The Morgan fingerprint density at radius 2 is 1.36 bits per heavy atom. The Kier molecular flexibility index (Phi) is 5.32. The number of hydrogen-bond acceptors (Lipinski definition) is 4. The fraction of sp³-hybridized carbons (Fsp3) is 0.316. The second-order valence-corrected chi connectivity index (χ2v) is 7.95. The van der Waals surface area contributed by atoms with E-state index in [1.54, 1.807) is 12.1 Å². The van der Waals surface area contributed by atoms with Crippen molar-refractivity contribution >= 4 is 16.0 Å². The lowest BCUT2D eigenvalue weighted by atomic mass is 9.89. The highest BCUT2D eigenvalue weighted by Gasteiger charge is 2.19. The molecule has 25 heavy (non-hydrogen) atoms. The van der Waals surface area contributed by atoms with Gasteiger partial charge in [-0.15, -0.1) is 3.89 Å². The van der Waals surface area contributed by atoms with Gasteiger partial charge in [-0.25, -0.2) is 0 Å². The Labute approximate surface area is 147 Å². The van der Waals surface area contributed by atoms with Gasteiger partial charge in [0.2, 0.25) is 0 Å². The van der Waals surface area contributed by atoms with Crippen LogP contribution in [0, 0.1) is 0 Å². The molecular weight excluding hydrogens is 343 g/mol. The third-order valence-corrected chi connectivity index (χ3v) is 4.91. The minimum Gasteiger partial charge on any atom is -0.507 e. The van der Waals surface area contributed by atoms with Gasteiger partial charge in [-0.05, 0) is 59.4 Å². The van der Waals surface area contributed by atoms with Gasteiger partial charge in [0.15, 0.2) is 5.78 Å². The summed E-state index contributed by atoms with van der Waals surface area (Å²) in [6.45, 7) is 7.70. The quantitative estimate of drug-likeness (QED) is 0.625. The molecule has 0 atom stereocenters. The number of benzene rings is 2. The summed E-state index contributed by atoms with van der Waals surface area (Å²) in [5.74, 6) is -0.0550. The molecule has 0 radical (unpaired) electrons.